The minimum absolute atomic E-state index is 0.000492. The first-order valence-electron chi connectivity index (χ1n) is 12.0. The number of aryl methyl sites for hydroxylation is 1. The number of aliphatic hydroxyl groups excluding tert-OH is 1. The molecule has 204 valence electrons. The van der Waals surface area contributed by atoms with Crippen LogP contribution < -0.4 is 5.73 Å². The van der Waals surface area contributed by atoms with E-state index in [2.05, 4.69) is 15.1 Å². The Morgan fingerprint density at radius 2 is 1.92 bits per heavy atom. The van der Waals surface area contributed by atoms with Gasteiger partial charge in [0.25, 0.3) is 5.91 Å². The SMILES string of the molecule is Cc1ncc(-c2cc(C(F)(F)F)c3c(N)ncnn23)cc1C(=O)N1CC(O)CC(O)(Cc2ccc(F)cc2)C1. The third kappa shape index (κ3) is 5.14. The highest BCUT2D eigenvalue weighted by atomic mass is 19.4. The van der Waals surface area contributed by atoms with Gasteiger partial charge in [-0.25, -0.2) is 13.9 Å². The summed E-state index contributed by atoms with van der Waals surface area (Å²) in [5.41, 5.74) is 3.97. The number of β-amino-alcohol motifs (C(OH)–C–C–N with tert-alkyl or cyclic N) is 2. The Labute approximate surface area is 219 Å². The second-order valence-corrected chi connectivity index (χ2v) is 9.77. The fourth-order valence-electron chi connectivity index (χ4n) is 5.06. The molecule has 5 rings (SSSR count). The van der Waals surface area contributed by atoms with Crippen molar-refractivity contribution < 1.29 is 32.6 Å². The molecule has 2 unspecified atom stereocenters. The molecule has 0 saturated carbocycles. The van der Waals surface area contributed by atoms with Gasteiger partial charge in [-0.05, 0) is 36.8 Å². The number of amides is 1. The van der Waals surface area contributed by atoms with Gasteiger partial charge in [-0.2, -0.15) is 18.3 Å². The van der Waals surface area contributed by atoms with E-state index in [1.54, 1.807) is 6.92 Å². The number of likely N-dealkylation sites (tertiary alicyclic amines) is 1. The number of benzene rings is 1. The van der Waals surface area contributed by atoms with Crippen LogP contribution in [-0.2, 0) is 12.6 Å². The molecule has 4 heterocycles. The van der Waals surface area contributed by atoms with Gasteiger partial charge in [0.1, 0.15) is 17.7 Å². The Kier molecular flexibility index (Phi) is 6.51. The third-order valence-electron chi connectivity index (χ3n) is 6.77. The maximum Gasteiger partial charge on any atom is 0.418 e. The van der Waals surface area contributed by atoms with Crippen molar-refractivity contribution in [2.45, 2.75) is 37.6 Å². The molecule has 1 saturated heterocycles. The van der Waals surface area contributed by atoms with Crippen molar-refractivity contribution in [3.8, 4) is 11.3 Å². The van der Waals surface area contributed by atoms with Gasteiger partial charge in [0.15, 0.2) is 5.82 Å². The molecule has 0 radical (unpaired) electrons. The predicted octanol–water partition coefficient (Wildman–Crippen LogP) is 3.02. The van der Waals surface area contributed by atoms with E-state index in [1.807, 2.05) is 0 Å². The molecule has 0 bridgehead atoms. The van der Waals surface area contributed by atoms with Gasteiger partial charge < -0.3 is 20.8 Å². The van der Waals surface area contributed by atoms with Crippen molar-refractivity contribution in [1.82, 2.24) is 24.5 Å². The van der Waals surface area contributed by atoms with Crippen LogP contribution in [0.3, 0.4) is 0 Å². The second kappa shape index (κ2) is 9.58. The van der Waals surface area contributed by atoms with Crippen LogP contribution >= 0.6 is 0 Å². The molecule has 9 nitrogen and oxygen atoms in total. The quantitative estimate of drug-likeness (QED) is 0.337. The summed E-state index contributed by atoms with van der Waals surface area (Å²) in [6, 6.07) is 7.82. The van der Waals surface area contributed by atoms with Crippen molar-refractivity contribution in [1.29, 1.82) is 0 Å². The number of anilines is 1. The number of pyridine rings is 1. The van der Waals surface area contributed by atoms with Crippen molar-refractivity contribution in [2.24, 2.45) is 0 Å². The molecule has 13 heteroatoms. The summed E-state index contributed by atoms with van der Waals surface area (Å²) in [6.07, 6.45) is -3.35. The maximum absolute atomic E-state index is 13.8. The van der Waals surface area contributed by atoms with Crippen LogP contribution in [-0.4, -0.2) is 65.4 Å². The Bertz CT molecular complexity index is 1560. The first-order chi connectivity index (χ1) is 18.3. The van der Waals surface area contributed by atoms with Gasteiger partial charge in [-0.1, -0.05) is 12.1 Å². The zero-order valence-electron chi connectivity index (χ0n) is 20.7. The molecule has 1 aliphatic rings. The van der Waals surface area contributed by atoms with E-state index >= 15 is 0 Å². The number of aromatic nitrogens is 4. The van der Waals surface area contributed by atoms with Crippen LogP contribution in [0.4, 0.5) is 23.4 Å². The molecule has 0 aliphatic carbocycles. The van der Waals surface area contributed by atoms with E-state index < -0.39 is 40.7 Å². The largest absolute Gasteiger partial charge is 0.418 e. The fraction of sp³-hybridized carbons (Fsp3) is 0.308. The number of nitrogens with zero attached hydrogens (tertiary/aromatic N) is 5. The lowest BCUT2D eigenvalue weighted by Gasteiger charge is -2.42. The van der Waals surface area contributed by atoms with Gasteiger partial charge in [-0.15, -0.1) is 0 Å². The Morgan fingerprint density at radius 1 is 1.21 bits per heavy atom. The lowest BCUT2D eigenvalue weighted by atomic mass is 9.85. The Balaban J connectivity index is 1.49. The summed E-state index contributed by atoms with van der Waals surface area (Å²) in [6.45, 7) is 1.38. The van der Waals surface area contributed by atoms with Gasteiger partial charge >= 0.3 is 6.18 Å². The maximum atomic E-state index is 13.8. The summed E-state index contributed by atoms with van der Waals surface area (Å²) < 4.78 is 55.6. The minimum atomic E-state index is -4.74. The molecule has 4 aromatic rings. The molecule has 2 atom stereocenters. The molecular weight excluding hydrogens is 520 g/mol. The van der Waals surface area contributed by atoms with Gasteiger partial charge in [0.05, 0.1) is 40.8 Å². The van der Waals surface area contributed by atoms with Gasteiger partial charge in [0, 0.05) is 31.1 Å². The highest BCUT2D eigenvalue weighted by Gasteiger charge is 2.40. The van der Waals surface area contributed by atoms with E-state index in [-0.39, 0.29) is 48.6 Å². The number of alkyl halides is 3. The van der Waals surface area contributed by atoms with Crippen LogP contribution in [0.1, 0.15) is 33.6 Å². The number of carbonyl (C=O) groups is 1. The Morgan fingerprint density at radius 3 is 2.62 bits per heavy atom. The van der Waals surface area contributed by atoms with Crippen molar-refractivity contribution in [3.05, 3.63) is 77.1 Å². The number of hydrogen-bond donors (Lipinski definition) is 3. The molecule has 3 aromatic heterocycles. The number of nitrogen functional groups attached to an aromatic ring is 1. The van der Waals surface area contributed by atoms with E-state index in [0.29, 0.717) is 11.3 Å². The highest BCUT2D eigenvalue weighted by Crippen LogP contribution is 2.39. The number of nitrogens with two attached hydrogens (primary N) is 1. The van der Waals surface area contributed by atoms with Crippen LogP contribution in [0.2, 0.25) is 0 Å². The van der Waals surface area contributed by atoms with Crippen LogP contribution in [0.15, 0.2) is 48.9 Å². The summed E-state index contributed by atoms with van der Waals surface area (Å²) in [5, 5.41) is 25.7. The zero-order chi connectivity index (χ0) is 28.1. The average Bonchev–Trinajstić information content (AvgIpc) is 3.26. The monoisotopic (exact) mass is 544 g/mol. The van der Waals surface area contributed by atoms with E-state index in [9.17, 15) is 32.6 Å². The molecule has 4 N–H and O–H groups in total. The van der Waals surface area contributed by atoms with E-state index in [0.717, 1.165) is 16.9 Å². The standard InChI is InChI=1S/C26H24F4N6O3/c1-14-19(24(38)35-11-18(37)9-25(39,12-35)8-15-2-4-17(27)5-3-15)6-16(10-32-14)21-7-20(26(28,29)30)22-23(31)33-13-34-36(21)22/h2-7,10,13,18,37,39H,8-9,11-12H2,1H3,(H2,31,33,34). The van der Waals surface area contributed by atoms with Gasteiger partial charge in [-0.3, -0.25) is 9.78 Å². The smallest absolute Gasteiger partial charge is 0.391 e. The fourth-order valence-corrected chi connectivity index (χ4v) is 5.06. The first kappa shape index (κ1) is 26.5. The van der Waals surface area contributed by atoms with Crippen molar-refractivity contribution in [2.75, 3.05) is 18.8 Å². The molecule has 1 amide bonds. The lowest BCUT2D eigenvalue weighted by Crippen LogP contribution is -2.56. The van der Waals surface area contributed by atoms with E-state index in [1.165, 1.54) is 41.4 Å². The number of carbonyl (C=O) groups excluding carboxylic acids is 1. The molecule has 1 fully saturated rings. The second-order valence-electron chi connectivity index (χ2n) is 9.77. The first-order valence-corrected chi connectivity index (χ1v) is 12.0. The molecule has 0 spiro atoms. The molecule has 1 aromatic carbocycles. The highest BCUT2D eigenvalue weighted by molar-refractivity contribution is 5.96. The summed E-state index contributed by atoms with van der Waals surface area (Å²) in [7, 11) is 0. The predicted molar refractivity (Wildman–Crippen MR) is 132 cm³/mol. The number of fused-ring (bicyclic) bond motifs is 1. The number of halogens is 4. The average molecular weight is 545 g/mol. The minimum Gasteiger partial charge on any atom is -0.391 e. The van der Waals surface area contributed by atoms with Gasteiger partial charge in [0.2, 0.25) is 0 Å². The normalized spacial score (nSPS) is 20.0. The lowest BCUT2D eigenvalue weighted by molar-refractivity contribution is -0.136. The summed E-state index contributed by atoms with van der Waals surface area (Å²) >= 11 is 0. The number of aliphatic hydroxyl groups is 2. The van der Waals surface area contributed by atoms with Crippen LogP contribution in [0, 0.1) is 12.7 Å². The number of hydrogen-bond acceptors (Lipinski definition) is 7. The topological polar surface area (TPSA) is 130 Å². The molecule has 39 heavy (non-hydrogen) atoms. The van der Waals surface area contributed by atoms with Crippen LogP contribution in [0.25, 0.3) is 16.8 Å². The summed E-state index contributed by atoms with van der Waals surface area (Å²) in [5.74, 6) is -1.35. The number of piperidine rings is 1. The zero-order valence-corrected chi connectivity index (χ0v) is 20.7. The Hall–Kier alpha value is -4.10. The molecular formula is C26H24F4N6O3. The summed E-state index contributed by atoms with van der Waals surface area (Å²) in [4.78, 5) is 22.8. The van der Waals surface area contributed by atoms with E-state index in [4.69, 9.17) is 5.73 Å². The number of rotatable bonds is 4. The van der Waals surface area contributed by atoms with Crippen LogP contribution in [0.5, 0.6) is 0 Å². The van der Waals surface area contributed by atoms with Crippen molar-refractivity contribution >= 4 is 17.2 Å². The third-order valence-corrected chi connectivity index (χ3v) is 6.77. The van der Waals surface area contributed by atoms with Crippen molar-refractivity contribution in [3.63, 3.8) is 0 Å². The molecule has 1 aliphatic heterocycles.